The third-order valence-electron chi connectivity index (χ3n) is 5.63. The molecule has 0 saturated carbocycles. The van der Waals surface area contributed by atoms with E-state index >= 15 is 0 Å². The number of anilines is 1. The number of rotatable bonds is 17. The maximum atomic E-state index is 12.9. The van der Waals surface area contributed by atoms with Crippen molar-refractivity contribution in [3.63, 3.8) is 0 Å². The molecule has 2 amide bonds. The van der Waals surface area contributed by atoms with Crippen LogP contribution in [0.2, 0.25) is 0 Å². The monoisotopic (exact) mass is 617 g/mol. The number of carbonyl (C=O) groups excluding carboxylic acids is 4. The predicted molar refractivity (Wildman–Crippen MR) is 144 cm³/mol. The Morgan fingerprint density at radius 2 is 1.66 bits per heavy atom. The van der Waals surface area contributed by atoms with Crippen molar-refractivity contribution < 1.29 is 42.4 Å². The van der Waals surface area contributed by atoms with Gasteiger partial charge in [0.05, 0.1) is 6.04 Å². The van der Waals surface area contributed by atoms with Gasteiger partial charge in [-0.05, 0) is 12.8 Å². The molecule has 0 saturated heterocycles. The fourth-order valence-electron chi connectivity index (χ4n) is 3.31. The Bertz CT molecular complexity index is 991. The van der Waals surface area contributed by atoms with Crippen LogP contribution >= 0.6 is 11.8 Å². The number of ketones is 2. The molecule has 0 aliphatic heterocycles. The van der Waals surface area contributed by atoms with E-state index in [9.17, 15) is 37.3 Å². The number of carbonyl (C=O) groups is 5. The molecule has 212 valence electrons. The van der Waals surface area contributed by atoms with Crippen molar-refractivity contribution in [1.29, 1.82) is 0 Å². The number of thioether (sulfide) groups is 1. The molecule has 4 atom stereocenters. The Kier molecular flexibility index (Phi) is 14.8. The molecule has 0 bridgehead atoms. The average molecular weight is 618 g/mol. The molecule has 0 radical (unpaired) electrons. The standard InChI is InChI=1S/C24H36AsN3O9S/c1-13(2)23(26)20(31)10-15(14(3)29)24(35)28-18(19(30)8-9-22(33)34)11-38-12-21(32)27-17-7-5-4-6-16(17)25(36)37/h4-7,13-15,18,23,29,36-37H,8-12,26H2,1-3H3,(H,27,32)(H,28,35)(H,33,34). The summed E-state index contributed by atoms with van der Waals surface area (Å²) in [5.74, 6) is -5.04. The van der Waals surface area contributed by atoms with Gasteiger partial charge in [-0.1, -0.05) is 13.8 Å². The van der Waals surface area contributed by atoms with Crippen LogP contribution in [0, 0.1) is 11.8 Å². The van der Waals surface area contributed by atoms with E-state index in [0.29, 0.717) is 0 Å². The van der Waals surface area contributed by atoms with Gasteiger partial charge in [0.1, 0.15) is 0 Å². The van der Waals surface area contributed by atoms with E-state index in [-0.39, 0.29) is 40.3 Å². The number of benzene rings is 1. The van der Waals surface area contributed by atoms with Gasteiger partial charge in [0.15, 0.2) is 5.78 Å². The van der Waals surface area contributed by atoms with Gasteiger partial charge in [0.25, 0.3) is 0 Å². The zero-order valence-corrected chi connectivity index (χ0v) is 24.2. The number of aliphatic carboxylic acids is 1. The van der Waals surface area contributed by atoms with E-state index in [1.54, 1.807) is 26.0 Å². The Hall–Kier alpha value is -2.28. The van der Waals surface area contributed by atoms with E-state index in [4.69, 9.17) is 10.8 Å². The van der Waals surface area contributed by atoms with E-state index in [2.05, 4.69) is 10.6 Å². The van der Waals surface area contributed by atoms with Crippen molar-refractivity contribution in [2.75, 3.05) is 16.8 Å². The first kappa shape index (κ1) is 33.7. The number of aliphatic hydroxyl groups excluding tert-OH is 1. The number of nitrogens with two attached hydrogens (primary N) is 1. The molecule has 1 aromatic carbocycles. The molecule has 0 aromatic heterocycles. The second-order valence-corrected chi connectivity index (χ2v) is 12.3. The molecule has 12 nitrogen and oxygen atoms in total. The second-order valence-electron chi connectivity index (χ2n) is 9.08. The number of hydrogen-bond donors (Lipinski definition) is 7. The molecule has 1 aromatic rings. The van der Waals surface area contributed by atoms with Crippen molar-refractivity contribution in [2.24, 2.45) is 17.6 Å². The Labute approximate surface area is 230 Å². The first-order valence-corrected chi connectivity index (χ1v) is 15.7. The summed E-state index contributed by atoms with van der Waals surface area (Å²) in [6.45, 7) is 4.83. The van der Waals surface area contributed by atoms with Gasteiger partial charge in [-0.15, -0.1) is 0 Å². The van der Waals surface area contributed by atoms with Crippen LogP contribution in [0.1, 0.15) is 40.0 Å². The van der Waals surface area contributed by atoms with Gasteiger partial charge >= 0.3 is 167 Å². The molecule has 4 unspecified atom stereocenters. The van der Waals surface area contributed by atoms with Crippen LogP contribution in [-0.4, -0.2) is 92.8 Å². The minimum Gasteiger partial charge on any atom is -0.481 e. The normalized spacial score (nSPS) is 14.4. The number of para-hydroxylation sites is 1. The SMILES string of the molecule is CC(C)C(N)C(=O)CC(C(=O)NC(CSCC(=O)Nc1ccccc1[As](O)O)C(=O)CCC(=O)O)C(C)O. The summed E-state index contributed by atoms with van der Waals surface area (Å²) in [5, 5.41) is 24.1. The molecule has 0 aliphatic carbocycles. The van der Waals surface area contributed by atoms with Gasteiger partial charge in [-0.25, -0.2) is 0 Å². The first-order chi connectivity index (χ1) is 17.7. The average Bonchev–Trinajstić information content (AvgIpc) is 2.84. The maximum absolute atomic E-state index is 12.9. The molecule has 0 heterocycles. The van der Waals surface area contributed by atoms with Gasteiger partial charge in [0, 0.05) is 0 Å². The Morgan fingerprint density at radius 1 is 1.03 bits per heavy atom. The number of aliphatic hydroxyl groups is 1. The predicted octanol–water partition coefficient (Wildman–Crippen LogP) is -1.10. The van der Waals surface area contributed by atoms with Crippen LogP contribution in [-0.2, 0) is 24.0 Å². The molecule has 1 rings (SSSR count). The minimum absolute atomic E-state index is 0.0803. The molecule has 38 heavy (non-hydrogen) atoms. The van der Waals surface area contributed by atoms with Crippen LogP contribution < -0.4 is 20.7 Å². The summed E-state index contributed by atoms with van der Waals surface area (Å²) >= 11 is -2.25. The second kappa shape index (κ2) is 16.6. The molecule has 0 aliphatic rings. The molecule has 8 N–H and O–H groups in total. The number of hydrogen-bond acceptors (Lipinski definition) is 10. The fraction of sp³-hybridized carbons (Fsp3) is 0.542. The van der Waals surface area contributed by atoms with Crippen LogP contribution in [0.25, 0.3) is 0 Å². The first-order valence-electron chi connectivity index (χ1n) is 11.9. The van der Waals surface area contributed by atoms with Crippen LogP contribution in [0.5, 0.6) is 0 Å². The van der Waals surface area contributed by atoms with Gasteiger partial charge in [-0.3, -0.25) is 9.59 Å². The zero-order valence-electron chi connectivity index (χ0n) is 21.5. The number of amides is 2. The van der Waals surface area contributed by atoms with Crippen LogP contribution in [0.3, 0.4) is 0 Å². The molecule has 0 fully saturated rings. The van der Waals surface area contributed by atoms with E-state index in [0.717, 1.165) is 11.8 Å². The minimum atomic E-state index is -3.24. The summed E-state index contributed by atoms with van der Waals surface area (Å²) in [6.07, 6.45) is -2.39. The van der Waals surface area contributed by atoms with Crippen molar-refractivity contribution in [3.8, 4) is 0 Å². The third kappa shape index (κ3) is 11.6. The summed E-state index contributed by atoms with van der Waals surface area (Å²) in [4.78, 5) is 61.4. The third-order valence-corrected chi connectivity index (χ3v) is 8.39. The van der Waals surface area contributed by atoms with Crippen LogP contribution in [0.15, 0.2) is 24.3 Å². The van der Waals surface area contributed by atoms with Crippen molar-refractivity contribution in [2.45, 2.75) is 58.2 Å². The Morgan fingerprint density at radius 3 is 2.21 bits per heavy atom. The topological polar surface area (TPSA) is 216 Å². The number of carboxylic acids is 1. The van der Waals surface area contributed by atoms with E-state index < -0.39 is 75.2 Å². The van der Waals surface area contributed by atoms with E-state index in [1.165, 1.54) is 19.1 Å². The summed E-state index contributed by atoms with van der Waals surface area (Å²) < 4.78 is 19.4. The van der Waals surface area contributed by atoms with Gasteiger partial charge in [0.2, 0.25) is 0 Å². The number of nitrogens with one attached hydrogen (secondary N) is 2. The zero-order chi connectivity index (χ0) is 29.0. The Balaban J connectivity index is 2.89. The van der Waals surface area contributed by atoms with Gasteiger partial charge < -0.3 is 15.9 Å². The fourth-order valence-corrected chi connectivity index (χ4v) is 5.38. The van der Waals surface area contributed by atoms with Crippen molar-refractivity contribution in [3.05, 3.63) is 24.3 Å². The molecule has 0 spiro atoms. The molecular weight excluding hydrogens is 581 g/mol. The molecular formula is C24H36AsN3O9S. The van der Waals surface area contributed by atoms with Gasteiger partial charge in [-0.2, -0.15) is 0 Å². The quantitative estimate of drug-likeness (QED) is 0.104. The summed E-state index contributed by atoms with van der Waals surface area (Å²) in [6, 6.07) is 4.24. The molecule has 14 heteroatoms. The van der Waals surface area contributed by atoms with Crippen LogP contribution in [0.4, 0.5) is 5.69 Å². The summed E-state index contributed by atoms with van der Waals surface area (Å²) in [5.41, 5.74) is 6.12. The number of Topliss-reactive ketones (excluding diaryl/α,β-unsaturated/α-hetero) is 2. The summed E-state index contributed by atoms with van der Waals surface area (Å²) in [7, 11) is 0. The van der Waals surface area contributed by atoms with Crippen molar-refractivity contribution >= 4 is 66.5 Å². The smallest absolute Gasteiger partial charge is 0.481 e. The van der Waals surface area contributed by atoms with E-state index in [1.807, 2.05) is 0 Å². The van der Waals surface area contributed by atoms with Crippen molar-refractivity contribution in [1.82, 2.24) is 5.32 Å². The number of carboxylic acid groups (broad SMARTS) is 1.